The average molecular weight is 327 g/mol. The Morgan fingerprint density at radius 3 is 2.95 bits per heavy atom. The first-order chi connectivity index (χ1) is 10.0. The van der Waals surface area contributed by atoms with Crippen molar-refractivity contribution in [2.75, 3.05) is 11.9 Å². The fourth-order valence-corrected chi connectivity index (χ4v) is 2.18. The molecule has 0 aliphatic carbocycles. The molecule has 4 nitrogen and oxygen atoms in total. The maximum Gasteiger partial charge on any atom is 0.170 e. The van der Waals surface area contributed by atoms with E-state index in [1.165, 1.54) is 12.1 Å². The van der Waals surface area contributed by atoms with Crippen LogP contribution in [0.15, 0.2) is 30.6 Å². The minimum absolute atomic E-state index is 0.0665. The smallest absolute Gasteiger partial charge is 0.170 e. The van der Waals surface area contributed by atoms with Crippen LogP contribution in [0.25, 0.3) is 0 Å². The van der Waals surface area contributed by atoms with Crippen LogP contribution in [-0.2, 0) is 6.54 Å². The van der Waals surface area contributed by atoms with Gasteiger partial charge in [0.1, 0.15) is 5.82 Å². The number of benzene rings is 1. The number of rotatable bonds is 5. The van der Waals surface area contributed by atoms with Crippen LogP contribution in [0.1, 0.15) is 12.0 Å². The van der Waals surface area contributed by atoms with E-state index >= 15 is 0 Å². The molecule has 1 aromatic heterocycles. The van der Waals surface area contributed by atoms with Crippen molar-refractivity contribution in [3.63, 3.8) is 0 Å². The molecule has 0 unspecified atom stereocenters. The SMILES string of the molecule is Cc1cnn(CCCNC(=S)Nc2ccc(F)c(Cl)c2)c1. The highest BCUT2D eigenvalue weighted by molar-refractivity contribution is 7.80. The van der Waals surface area contributed by atoms with Crippen molar-refractivity contribution in [1.82, 2.24) is 15.1 Å². The molecule has 1 aromatic carbocycles. The van der Waals surface area contributed by atoms with Crippen molar-refractivity contribution >= 4 is 34.6 Å². The molecule has 0 radical (unpaired) electrons. The fourth-order valence-electron chi connectivity index (χ4n) is 1.78. The van der Waals surface area contributed by atoms with Crippen molar-refractivity contribution in [2.45, 2.75) is 19.9 Å². The van der Waals surface area contributed by atoms with Gasteiger partial charge in [-0.2, -0.15) is 5.10 Å². The molecular weight excluding hydrogens is 311 g/mol. The summed E-state index contributed by atoms with van der Waals surface area (Å²) in [5.74, 6) is -0.449. The van der Waals surface area contributed by atoms with Crippen LogP contribution >= 0.6 is 23.8 Å². The van der Waals surface area contributed by atoms with Crippen LogP contribution in [-0.4, -0.2) is 21.4 Å². The maximum atomic E-state index is 13.0. The number of aromatic nitrogens is 2. The highest BCUT2D eigenvalue weighted by Crippen LogP contribution is 2.19. The van der Waals surface area contributed by atoms with E-state index in [-0.39, 0.29) is 5.02 Å². The quantitative estimate of drug-likeness (QED) is 0.653. The number of thiocarbonyl (C=S) groups is 1. The summed E-state index contributed by atoms with van der Waals surface area (Å²) in [6.45, 7) is 3.56. The number of hydrogen-bond donors (Lipinski definition) is 2. The fraction of sp³-hybridized carbons (Fsp3) is 0.286. The van der Waals surface area contributed by atoms with Crippen LogP contribution in [0.3, 0.4) is 0 Å². The zero-order valence-corrected chi connectivity index (χ0v) is 13.1. The number of nitrogens with zero attached hydrogens (tertiary/aromatic N) is 2. The number of anilines is 1. The molecule has 1 heterocycles. The monoisotopic (exact) mass is 326 g/mol. The summed E-state index contributed by atoms with van der Waals surface area (Å²) in [5.41, 5.74) is 1.80. The molecular formula is C14H16ClFN4S. The van der Waals surface area contributed by atoms with Crippen molar-refractivity contribution in [1.29, 1.82) is 0 Å². The van der Waals surface area contributed by atoms with Crippen molar-refractivity contribution in [3.05, 3.63) is 47.0 Å². The number of nitrogens with one attached hydrogen (secondary N) is 2. The highest BCUT2D eigenvalue weighted by Gasteiger charge is 2.02. The van der Waals surface area contributed by atoms with Gasteiger partial charge < -0.3 is 10.6 Å². The Kier molecular flexibility index (Phi) is 5.52. The van der Waals surface area contributed by atoms with E-state index in [1.807, 2.05) is 24.0 Å². The van der Waals surface area contributed by atoms with Gasteiger partial charge in [0.05, 0.1) is 11.2 Å². The summed E-state index contributed by atoms with van der Waals surface area (Å²) in [6.07, 6.45) is 4.72. The first-order valence-electron chi connectivity index (χ1n) is 6.53. The predicted molar refractivity (Wildman–Crippen MR) is 87.2 cm³/mol. The summed E-state index contributed by atoms with van der Waals surface area (Å²) >= 11 is 10.9. The van der Waals surface area contributed by atoms with E-state index in [0.29, 0.717) is 10.8 Å². The molecule has 0 saturated heterocycles. The summed E-state index contributed by atoms with van der Waals surface area (Å²) in [5, 5.41) is 10.8. The minimum Gasteiger partial charge on any atom is -0.362 e. The van der Waals surface area contributed by atoms with Crippen LogP contribution in [0, 0.1) is 12.7 Å². The third-order valence-corrected chi connectivity index (χ3v) is 3.33. The molecule has 0 spiro atoms. The Labute approximate surface area is 133 Å². The van der Waals surface area contributed by atoms with Crippen LogP contribution in [0.5, 0.6) is 0 Å². The zero-order chi connectivity index (χ0) is 15.2. The molecule has 0 atom stereocenters. The summed E-state index contributed by atoms with van der Waals surface area (Å²) in [4.78, 5) is 0. The lowest BCUT2D eigenvalue weighted by molar-refractivity contribution is 0.573. The van der Waals surface area contributed by atoms with E-state index in [9.17, 15) is 4.39 Å². The van der Waals surface area contributed by atoms with Crippen molar-refractivity contribution in [3.8, 4) is 0 Å². The topological polar surface area (TPSA) is 41.9 Å². The molecule has 0 aliphatic rings. The second kappa shape index (κ2) is 7.38. The summed E-state index contributed by atoms with van der Waals surface area (Å²) in [6, 6.07) is 4.38. The van der Waals surface area contributed by atoms with Gasteiger partial charge in [-0.15, -0.1) is 0 Å². The number of halogens is 2. The molecule has 0 bridgehead atoms. The van der Waals surface area contributed by atoms with E-state index in [0.717, 1.165) is 25.1 Å². The standard InChI is InChI=1S/C14H16ClFN4S/c1-10-8-18-20(9-10)6-2-5-17-14(21)19-11-3-4-13(16)12(15)7-11/h3-4,7-9H,2,5-6H2,1H3,(H2,17,19,21). The molecule has 0 aliphatic heterocycles. The van der Waals surface area contributed by atoms with Gasteiger partial charge in [-0.1, -0.05) is 11.6 Å². The van der Waals surface area contributed by atoms with Crippen molar-refractivity contribution in [2.24, 2.45) is 0 Å². The summed E-state index contributed by atoms with van der Waals surface area (Å²) in [7, 11) is 0. The zero-order valence-electron chi connectivity index (χ0n) is 11.6. The maximum absolute atomic E-state index is 13.0. The lowest BCUT2D eigenvalue weighted by Crippen LogP contribution is -2.29. The first-order valence-corrected chi connectivity index (χ1v) is 7.32. The molecule has 2 rings (SSSR count). The van der Waals surface area contributed by atoms with Crippen LogP contribution < -0.4 is 10.6 Å². The van der Waals surface area contributed by atoms with Gasteiger partial charge in [0.15, 0.2) is 5.11 Å². The Hall–Kier alpha value is -1.66. The third kappa shape index (κ3) is 4.99. The van der Waals surface area contributed by atoms with E-state index < -0.39 is 5.82 Å². The largest absolute Gasteiger partial charge is 0.362 e. The number of hydrogen-bond acceptors (Lipinski definition) is 2. The van der Waals surface area contributed by atoms with Gasteiger partial charge >= 0.3 is 0 Å². The van der Waals surface area contributed by atoms with E-state index in [4.69, 9.17) is 23.8 Å². The second-order valence-electron chi connectivity index (χ2n) is 4.64. The molecule has 2 N–H and O–H groups in total. The normalized spacial score (nSPS) is 10.4. The van der Waals surface area contributed by atoms with Gasteiger partial charge in [0.2, 0.25) is 0 Å². The van der Waals surface area contributed by atoms with Crippen molar-refractivity contribution < 1.29 is 4.39 Å². The highest BCUT2D eigenvalue weighted by atomic mass is 35.5. The molecule has 0 fully saturated rings. The first kappa shape index (κ1) is 15.7. The van der Waals surface area contributed by atoms with Gasteiger partial charge in [0, 0.05) is 25.0 Å². The average Bonchev–Trinajstić information content (AvgIpc) is 2.85. The lowest BCUT2D eigenvalue weighted by atomic mass is 10.3. The molecule has 2 aromatic rings. The van der Waals surface area contributed by atoms with Gasteiger partial charge in [-0.05, 0) is 49.3 Å². The Bertz CT molecular complexity index is 629. The predicted octanol–water partition coefficient (Wildman–Crippen LogP) is 3.36. The molecule has 0 saturated carbocycles. The lowest BCUT2D eigenvalue weighted by Gasteiger charge is -2.11. The Balaban J connectivity index is 1.71. The van der Waals surface area contributed by atoms with Gasteiger partial charge in [-0.3, -0.25) is 4.68 Å². The number of aryl methyl sites for hydroxylation is 2. The molecule has 21 heavy (non-hydrogen) atoms. The second-order valence-corrected chi connectivity index (χ2v) is 5.46. The molecule has 0 amide bonds. The van der Waals surface area contributed by atoms with E-state index in [1.54, 1.807) is 6.07 Å². The van der Waals surface area contributed by atoms with Crippen LogP contribution in [0.4, 0.5) is 10.1 Å². The third-order valence-electron chi connectivity index (χ3n) is 2.79. The minimum atomic E-state index is -0.449. The van der Waals surface area contributed by atoms with E-state index in [2.05, 4.69) is 15.7 Å². The molecule has 112 valence electrons. The van der Waals surface area contributed by atoms with Gasteiger partial charge in [-0.25, -0.2) is 4.39 Å². The van der Waals surface area contributed by atoms with Crippen LogP contribution in [0.2, 0.25) is 5.02 Å². The summed E-state index contributed by atoms with van der Waals surface area (Å²) < 4.78 is 14.9. The van der Waals surface area contributed by atoms with Gasteiger partial charge in [0.25, 0.3) is 0 Å². The Morgan fingerprint density at radius 2 is 2.29 bits per heavy atom. The molecule has 7 heteroatoms. The Morgan fingerprint density at radius 1 is 1.48 bits per heavy atom.